The first kappa shape index (κ1) is 17.8. The maximum Gasteiger partial charge on any atom is 0.256 e. The zero-order valence-corrected chi connectivity index (χ0v) is 13.9. The molecule has 25 heavy (non-hydrogen) atoms. The summed E-state index contributed by atoms with van der Waals surface area (Å²) >= 11 is 0. The highest BCUT2D eigenvalue weighted by Crippen LogP contribution is 2.31. The average Bonchev–Trinajstić information content (AvgIpc) is 3.06. The van der Waals surface area contributed by atoms with Crippen molar-refractivity contribution < 1.29 is 23.1 Å². The second kappa shape index (κ2) is 7.47. The van der Waals surface area contributed by atoms with Gasteiger partial charge in [0, 0.05) is 19.7 Å². The number of piperidine rings is 1. The third-order valence-corrected chi connectivity index (χ3v) is 5.22. The lowest BCUT2D eigenvalue weighted by Gasteiger charge is -2.33. The van der Waals surface area contributed by atoms with Crippen LogP contribution >= 0.6 is 0 Å². The molecule has 0 aliphatic carbocycles. The SMILES string of the molecule is NC(=O)[C@@H]1CCO[C@@H]1CC1CCN(C(=O)c2cccc(F)c2F)CC1. The van der Waals surface area contributed by atoms with Crippen LogP contribution in [0.2, 0.25) is 0 Å². The van der Waals surface area contributed by atoms with E-state index in [9.17, 15) is 18.4 Å². The highest BCUT2D eigenvalue weighted by molar-refractivity contribution is 5.94. The van der Waals surface area contributed by atoms with Gasteiger partial charge in [0.15, 0.2) is 11.6 Å². The van der Waals surface area contributed by atoms with E-state index in [1.54, 1.807) is 4.90 Å². The van der Waals surface area contributed by atoms with Crippen molar-refractivity contribution in [2.24, 2.45) is 17.6 Å². The lowest BCUT2D eigenvalue weighted by Crippen LogP contribution is -2.40. The number of primary amides is 1. The van der Waals surface area contributed by atoms with Gasteiger partial charge < -0.3 is 15.4 Å². The number of nitrogens with zero attached hydrogens (tertiary/aromatic N) is 1. The molecule has 2 heterocycles. The van der Waals surface area contributed by atoms with Gasteiger partial charge in [-0.25, -0.2) is 8.78 Å². The average molecular weight is 352 g/mol. The molecule has 2 aliphatic rings. The third kappa shape index (κ3) is 3.81. The Hall–Kier alpha value is -2.02. The van der Waals surface area contributed by atoms with Crippen molar-refractivity contribution in [3.8, 4) is 0 Å². The van der Waals surface area contributed by atoms with E-state index >= 15 is 0 Å². The molecule has 5 nitrogen and oxygen atoms in total. The Labute approximate surface area is 145 Å². The van der Waals surface area contributed by atoms with Crippen molar-refractivity contribution in [3.63, 3.8) is 0 Å². The maximum absolute atomic E-state index is 13.8. The van der Waals surface area contributed by atoms with Crippen LogP contribution in [0, 0.1) is 23.5 Å². The summed E-state index contributed by atoms with van der Waals surface area (Å²) < 4.78 is 32.7. The lowest BCUT2D eigenvalue weighted by molar-refractivity contribution is -0.123. The van der Waals surface area contributed by atoms with E-state index in [2.05, 4.69) is 0 Å². The molecule has 1 aromatic rings. The largest absolute Gasteiger partial charge is 0.377 e. The number of ether oxygens (including phenoxy) is 1. The Bertz CT molecular complexity index is 660. The quantitative estimate of drug-likeness (QED) is 0.902. The molecule has 2 aliphatic heterocycles. The van der Waals surface area contributed by atoms with Gasteiger partial charge in [0.2, 0.25) is 5.91 Å². The van der Waals surface area contributed by atoms with Crippen LogP contribution in [0.15, 0.2) is 18.2 Å². The minimum atomic E-state index is -1.10. The van der Waals surface area contributed by atoms with Crippen LogP contribution in [0.4, 0.5) is 8.78 Å². The van der Waals surface area contributed by atoms with Gasteiger partial charge in [-0.2, -0.15) is 0 Å². The van der Waals surface area contributed by atoms with Crippen LogP contribution in [0.1, 0.15) is 36.0 Å². The summed E-state index contributed by atoms with van der Waals surface area (Å²) in [4.78, 5) is 25.4. The summed E-state index contributed by atoms with van der Waals surface area (Å²) in [5, 5.41) is 0. The van der Waals surface area contributed by atoms with Crippen molar-refractivity contribution in [2.45, 2.75) is 31.8 Å². The number of hydrogen-bond acceptors (Lipinski definition) is 3. The molecule has 0 saturated carbocycles. The van der Waals surface area contributed by atoms with E-state index in [4.69, 9.17) is 10.5 Å². The van der Waals surface area contributed by atoms with Gasteiger partial charge in [0.25, 0.3) is 5.91 Å². The molecular weight excluding hydrogens is 330 g/mol. The molecule has 0 spiro atoms. The second-order valence-corrected chi connectivity index (χ2v) is 6.78. The van der Waals surface area contributed by atoms with E-state index in [0.29, 0.717) is 32.0 Å². The van der Waals surface area contributed by atoms with Crippen LogP contribution in [-0.2, 0) is 9.53 Å². The van der Waals surface area contributed by atoms with Crippen LogP contribution in [-0.4, -0.2) is 42.5 Å². The molecule has 2 fully saturated rings. The van der Waals surface area contributed by atoms with Gasteiger partial charge in [-0.05, 0) is 43.7 Å². The first-order valence-electron chi connectivity index (χ1n) is 8.61. The van der Waals surface area contributed by atoms with E-state index in [1.807, 2.05) is 0 Å². The highest BCUT2D eigenvalue weighted by Gasteiger charge is 2.35. The Morgan fingerprint density at radius 2 is 1.92 bits per heavy atom. The van der Waals surface area contributed by atoms with Gasteiger partial charge in [-0.15, -0.1) is 0 Å². The number of halogens is 2. The summed E-state index contributed by atoms with van der Waals surface area (Å²) in [5.41, 5.74) is 5.18. The van der Waals surface area contributed by atoms with E-state index in [-0.39, 0.29) is 23.5 Å². The summed E-state index contributed by atoms with van der Waals surface area (Å²) in [6, 6.07) is 3.63. The molecule has 0 aromatic heterocycles. The number of amides is 2. The van der Waals surface area contributed by atoms with Crippen molar-refractivity contribution in [1.82, 2.24) is 4.90 Å². The monoisotopic (exact) mass is 352 g/mol. The predicted molar refractivity (Wildman–Crippen MR) is 86.6 cm³/mol. The molecule has 0 unspecified atom stereocenters. The lowest BCUT2D eigenvalue weighted by atomic mass is 9.86. The van der Waals surface area contributed by atoms with Gasteiger partial charge >= 0.3 is 0 Å². The van der Waals surface area contributed by atoms with E-state index in [0.717, 1.165) is 25.3 Å². The zero-order chi connectivity index (χ0) is 18.0. The molecule has 2 N–H and O–H groups in total. The maximum atomic E-state index is 13.8. The smallest absolute Gasteiger partial charge is 0.256 e. The van der Waals surface area contributed by atoms with Crippen molar-refractivity contribution >= 4 is 11.8 Å². The third-order valence-electron chi connectivity index (χ3n) is 5.22. The molecule has 0 radical (unpaired) electrons. The Balaban J connectivity index is 1.56. The van der Waals surface area contributed by atoms with Gasteiger partial charge in [0.1, 0.15) is 0 Å². The van der Waals surface area contributed by atoms with Gasteiger partial charge in [0.05, 0.1) is 17.6 Å². The number of hydrogen-bond donors (Lipinski definition) is 1. The Morgan fingerprint density at radius 3 is 2.60 bits per heavy atom. The van der Waals surface area contributed by atoms with Gasteiger partial charge in [-0.3, -0.25) is 9.59 Å². The summed E-state index contributed by atoms with van der Waals surface area (Å²) in [7, 11) is 0. The molecule has 1 aromatic carbocycles. The first-order chi connectivity index (χ1) is 12.0. The molecule has 136 valence electrons. The number of carbonyl (C=O) groups excluding carboxylic acids is 2. The molecule has 2 saturated heterocycles. The van der Waals surface area contributed by atoms with E-state index in [1.165, 1.54) is 12.1 Å². The summed E-state index contributed by atoms with van der Waals surface area (Å²) in [6.45, 7) is 1.51. The fourth-order valence-corrected chi connectivity index (χ4v) is 3.75. The molecule has 2 atom stereocenters. The number of benzene rings is 1. The standard InChI is InChI=1S/C18H22F2N2O3/c19-14-3-1-2-13(16(14)20)18(24)22-7-4-11(5-8-22)10-15-12(17(21)23)6-9-25-15/h1-3,11-12,15H,4-10H2,(H2,21,23)/t12-,15-/m1/s1. The number of carbonyl (C=O) groups is 2. The van der Waals surface area contributed by atoms with Crippen molar-refractivity contribution in [3.05, 3.63) is 35.4 Å². The summed E-state index contributed by atoms with van der Waals surface area (Å²) in [6.07, 6.45) is 2.74. The van der Waals surface area contributed by atoms with Crippen molar-refractivity contribution in [1.29, 1.82) is 0 Å². The Kier molecular flexibility index (Phi) is 5.32. The first-order valence-corrected chi connectivity index (χ1v) is 8.61. The second-order valence-electron chi connectivity index (χ2n) is 6.78. The molecule has 7 heteroatoms. The fourth-order valence-electron chi connectivity index (χ4n) is 3.75. The molecule has 3 rings (SSSR count). The zero-order valence-electron chi connectivity index (χ0n) is 13.9. The van der Waals surface area contributed by atoms with Crippen molar-refractivity contribution in [2.75, 3.05) is 19.7 Å². The minimum Gasteiger partial charge on any atom is -0.377 e. The minimum absolute atomic E-state index is 0.148. The summed E-state index contributed by atoms with van der Waals surface area (Å²) in [5.74, 6) is -2.83. The van der Waals surface area contributed by atoms with Crippen LogP contribution in [0.3, 0.4) is 0 Å². The van der Waals surface area contributed by atoms with E-state index < -0.39 is 17.5 Å². The number of nitrogens with two attached hydrogens (primary N) is 1. The number of likely N-dealkylation sites (tertiary alicyclic amines) is 1. The normalized spacial score (nSPS) is 24.5. The Morgan fingerprint density at radius 1 is 1.20 bits per heavy atom. The molecule has 2 amide bonds. The highest BCUT2D eigenvalue weighted by atomic mass is 19.2. The van der Waals surface area contributed by atoms with Crippen LogP contribution in [0.5, 0.6) is 0 Å². The molecule has 0 bridgehead atoms. The predicted octanol–water partition coefficient (Wildman–Crippen LogP) is 2.10. The van der Waals surface area contributed by atoms with Crippen LogP contribution < -0.4 is 5.73 Å². The molecular formula is C18H22F2N2O3. The van der Waals surface area contributed by atoms with Gasteiger partial charge in [-0.1, -0.05) is 6.07 Å². The van der Waals surface area contributed by atoms with Crippen LogP contribution in [0.25, 0.3) is 0 Å². The topological polar surface area (TPSA) is 72.6 Å². The fraction of sp³-hybridized carbons (Fsp3) is 0.556. The number of rotatable bonds is 4.